The first-order valence-electron chi connectivity index (χ1n) is 4.26. The third-order valence-corrected chi connectivity index (χ3v) is 4.04. The van der Waals surface area contributed by atoms with E-state index in [1.807, 2.05) is 7.05 Å². The first kappa shape index (κ1) is 10.7. The van der Waals surface area contributed by atoms with Gasteiger partial charge in [0.2, 0.25) is 0 Å². The number of ketones is 1. The number of halogens is 1. The molecule has 4 nitrogen and oxygen atoms in total. The number of Topliss-reactive ketones (excluding diaryl/α,β-unsaturated/α-hetero) is 1. The molecule has 2 aromatic heterocycles. The van der Waals surface area contributed by atoms with Gasteiger partial charge in [-0.1, -0.05) is 0 Å². The zero-order valence-corrected chi connectivity index (χ0v) is 10.9. The quantitative estimate of drug-likeness (QED) is 0.637. The van der Waals surface area contributed by atoms with Crippen LogP contribution in [-0.4, -0.2) is 20.5 Å². The maximum absolute atomic E-state index is 11.9. The number of carbonyl (C=O) groups is 1. The Morgan fingerprint density at radius 3 is 2.93 bits per heavy atom. The molecule has 2 aromatic rings. The number of rotatable bonds is 3. The Bertz CT molecular complexity index is 478. The molecule has 0 aliphatic rings. The highest BCUT2D eigenvalue weighted by atomic mass is 127. The summed E-state index contributed by atoms with van der Waals surface area (Å²) in [5.41, 5.74) is 2.42. The molecule has 0 spiro atoms. The largest absolute Gasteiger partial charge is 0.294 e. The Morgan fingerprint density at radius 1 is 1.60 bits per heavy atom. The molecule has 0 fully saturated rings. The lowest BCUT2D eigenvalue weighted by molar-refractivity contribution is 0.0993. The summed E-state index contributed by atoms with van der Waals surface area (Å²) in [7, 11) is 1.82. The van der Waals surface area contributed by atoms with Gasteiger partial charge in [0.1, 0.15) is 3.70 Å². The van der Waals surface area contributed by atoms with E-state index in [1.54, 1.807) is 22.6 Å². The number of aryl methyl sites for hydroxylation is 1. The number of hydrogen-bond donors (Lipinski definition) is 0. The van der Waals surface area contributed by atoms with E-state index in [2.05, 4.69) is 32.7 Å². The summed E-state index contributed by atoms with van der Waals surface area (Å²) in [4.78, 5) is 16.8. The third kappa shape index (κ3) is 2.25. The van der Waals surface area contributed by atoms with E-state index < -0.39 is 0 Å². The molecule has 0 saturated heterocycles. The molecule has 0 aliphatic carbocycles. The van der Waals surface area contributed by atoms with Gasteiger partial charge in [-0.3, -0.25) is 14.5 Å². The minimum Gasteiger partial charge on any atom is -0.294 e. The van der Waals surface area contributed by atoms with Crippen LogP contribution in [-0.2, 0) is 13.5 Å². The smallest absolute Gasteiger partial charge is 0.172 e. The normalized spacial score (nSPS) is 10.5. The standard InChI is InChI=1S/C9H8IN3OS/c1-13-9(10)7(4-12-13)8(14)2-6-3-11-5-15-6/h3-5H,2H2,1H3. The van der Waals surface area contributed by atoms with Gasteiger partial charge in [0.15, 0.2) is 5.78 Å². The molecule has 0 aromatic carbocycles. The van der Waals surface area contributed by atoms with Crippen LogP contribution in [0.4, 0.5) is 0 Å². The van der Waals surface area contributed by atoms with E-state index in [0.717, 1.165) is 8.58 Å². The van der Waals surface area contributed by atoms with E-state index in [9.17, 15) is 4.79 Å². The summed E-state index contributed by atoms with van der Waals surface area (Å²) in [5, 5.41) is 4.04. The second kappa shape index (κ2) is 4.40. The Labute approximate surface area is 104 Å². The molecule has 0 bridgehead atoms. The molecule has 2 rings (SSSR count). The van der Waals surface area contributed by atoms with Crippen LogP contribution in [0.25, 0.3) is 0 Å². The number of nitrogens with zero attached hydrogens (tertiary/aromatic N) is 3. The SMILES string of the molecule is Cn1ncc(C(=O)Cc2cncs2)c1I. The van der Waals surface area contributed by atoms with Crippen molar-refractivity contribution in [3.63, 3.8) is 0 Å². The van der Waals surface area contributed by atoms with Crippen LogP contribution in [0.1, 0.15) is 15.2 Å². The molecule has 0 aliphatic heterocycles. The zero-order valence-electron chi connectivity index (χ0n) is 7.98. The molecule has 78 valence electrons. The predicted molar refractivity (Wildman–Crippen MR) is 66.1 cm³/mol. The fourth-order valence-electron chi connectivity index (χ4n) is 1.19. The van der Waals surface area contributed by atoms with Gasteiger partial charge in [-0.2, -0.15) is 5.10 Å². The Morgan fingerprint density at radius 2 is 2.40 bits per heavy atom. The van der Waals surface area contributed by atoms with Crippen LogP contribution >= 0.6 is 33.9 Å². The summed E-state index contributed by atoms with van der Waals surface area (Å²) in [6, 6.07) is 0. The Kier molecular flexibility index (Phi) is 3.15. The number of aromatic nitrogens is 3. The second-order valence-corrected chi connectivity index (χ2v) is 5.03. The van der Waals surface area contributed by atoms with Crippen molar-refractivity contribution in [1.29, 1.82) is 0 Å². The summed E-state index contributed by atoms with van der Waals surface area (Å²) in [6.45, 7) is 0. The predicted octanol–water partition coefficient (Wildman–Crippen LogP) is 1.91. The first-order valence-corrected chi connectivity index (χ1v) is 6.22. The average Bonchev–Trinajstić information content (AvgIpc) is 2.79. The van der Waals surface area contributed by atoms with Crippen LogP contribution in [0.5, 0.6) is 0 Å². The molecule has 2 heterocycles. The maximum atomic E-state index is 11.9. The highest BCUT2D eigenvalue weighted by molar-refractivity contribution is 14.1. The van der Waals surface area contributed by atoms with Gasteiger partial charge in [0.05, 0.1) is 17.3 Å². The van der Waals surface area contributed by atoms with Crippen molar-refractivity contribution >= 4 is 39.7 Å². The van der Waals surface area contributed by atoms with Crippen LogP contribution in [0.2, 0.25) is 0 Å². The molecule has 0 N–H and O–H groups in total. The van der Waals surface area contributed by atoms with Gasteiger partial charge in [-0.15, -0.1) is 11.3 Å². The molecule has 0 unspecified atom stereocenters. The highest BCUT2D eigenvalue weighted by Gasteiger charge is 2.14. The second-order valence-electron chi connectivity index (χ2n) is 3.04. The molecule has 15 heavy (non-hydrogen) atoms. The van der Waals surface area contributed by atoms with Crippen LogP contribution in [0, 0.1) is 3.70 Å². The lowest BCUT2D eigenvalue weighted by atomic mass is 10.1. The Hall–Kier alpha value is -0.760. The van der Waals surface area contributed by atoms with Gasteiger partial charge in [0, 0.05) is 24.5 Å². The molecule has 0 atom stereocenters. The van der Waals surface area contributed by atoms with Gasteiger partial charge < -0.3 is 0 Å². The molecule has 0 saturated carbocycles. The van der Waals surface area contributed by atoms with E-state index in [0.29, 0.717) is 12.0 Å². The number of thiazole rings is 1. The highest BCUT2D eigenvalue weighted by Crippen LogP contribution is 2.15. The minimum atomic E-state index is 0.0942. The number of hydrogen-bond acceptors (Lipinski definition) is 4. The average molecular weight is 333 g/mol. The summed E-state index contributed by atoms with van der Waals surface area (Å²) < 4.78 is 2.57. The van der Waals surface area contributed by atoms with Crippen molar-refractivity contribution in [2.75, 3.05) is 0 Å². The van der Waals surface area contributed by atoms with Crippen molar-refractivity contribution in [3.05, 3.63) is 32.0 Å². The van der Waals surface area contributed by atoms with Crippen molar-refractivity contribution in [1.82, 2.24) is 14.8 Å². The molecular formula is C9H8IN3OS. The van der Waals surface area contributed by atoms with E-state index in [4.69, 9.17) is 0 Å². The fourth-order valence-corrected chi connectivity index (χ4v) is 2.35. The molecular weight excluding hydrogens is 325 g/mol. The van der Waals surface area contributed by atoms with Crippen molar-refractivity contribution in [2.45, 2.75) is 6.42 Å². The van der Waals surface area contributed by atoms with Crippen LogP contribution < -0.4 is 0 Å². The van der Waals surface area contributed by atoms with E-state index >= 15 is 0 Å². The van der Waals surface area contributed by atoms with Crippen molar-refractivity contribution in [2.24, 2.45) is 7.05 Å². The van der Waals surface area contributed by atoms with Gasteiger partial charge in [-0.25, -0.2) is 0 Å². The first-order chi connectivity index (χ1) is 7.18. The zero-order chi connectivity index (χ0) is 10.8. The monoisotopic (exact) mass is 333 g/mol. The van der Waals surface area contributed by atoms with Gasteiger partial charge in [0.25, 0.3) is 0 Å². The van der Waals surface area contributed by atoms with Crippen molar-refractivity contribution in [3.8, 4) is 0 Å². The summed E-state index contributed by atoms with van der Waals surface area (Å²) in [6.07, 6.45) is 3.75. The summed E-state index contributed by atoms with van der Waals surface area (Å²) in [5.74, 6) is 0.0942. The van der Waals surface area contributed by atoms with Gasteiger partial charge in [-0.05, 0) is 22.6 Å². The van der Waals surface area contributed by atoms with Gasteiger partial charge >= 0.3 is 0 Å². The molecule has 0 amide bonds. The van der Waals surface area contributed by atoms with Crippen LogP contribution in [0.3, 0.4) is 0 Å². The third-order valence-electron chi connectivity index (χ3n) is 1.99. The minimum absolute atomic E-state index is 0.0942. The van der Waals surface area contributed by atoms with E-state index in [-0.39, 0.29) is 5.78 Å². The Balaban J connectivity index is 2.19. The van der Waals surface area contributed by atoms with E-state index in [1.165, 1.54) is 11.3 Å². The lowest BCUT2D eigenvalue weighted by Crippen LogP contribution is -2.04. The molecule has 0 radical (unpaired) electrons. The maximum Gasteiger partial charge on any atom is 0.172 e. The topological polar surface area (TPSA) is 47.8 Å². The van der Waals surface area contributed by atoms with Crippen molar-refractivity contribution < 1.29 is 4.79 Å². The van der Waals surface area contributed by atoms with Crippen LogP contribution in [0.15, 0.2) is 17.9 Å². The fraction of sp³-hybridized carbons (Fsp3) is 0.222. The summed E-state index contributed by atoms with van der Waals surface area (Å²) >= 11 is 3.62. The lowest BCUT2D eigenvalue weighted by Gasteiger charge is -1.96. The molecule has 6 heteroatoms. The number of carbonyl (C=O) groups excluding carboxylic acids is 1.